The summed E-state index contributed by atoms with van der Waals surface area (Å²) in [6.45, 7) is 5.33. The summed E-state index contributed by atoms with van der Waals surface area (Å²) >= 11 is 1.28. The molecule has 118 valence electrons. The van der Waals surface area contributed by atoms with E-state index in [-0.39, 0.29) is 5.91 Å². The van der Waals surface area contributed by atoms with Crippen molar-refractivity contribution in [2.24, 2.45) is 5.10 Å². The van der Waals surface area contributed by atoms with Gasteiger partial charge >= 0.3 is 0 Å². The van der Waals surface area contributed by atoms with Crippen LogP contribution in [-0.2, 0) is 4.79 Å². The summed E-state index contributed by atoms with van der Waals surface area (Å²) in [7, 11) is 0. The molecule has 0 unspecified atom stereocenters. The first kappa shape index (κ1) is 16.1. The Bertz CT molecular complexity index is 606. The van der Waals surface area contributed by atoms with Gasteiger partial charge in [-0.15, -0.1) is 5.10 Å². The number of anilines is 1. The number of hydrogen-bond donors (Lipinski definition) is 2. The molecule has 2 rings (SSSR count). The zero-order valence-electron chi connectivity index (χ0n) is 12.4. The monoisotopic (exact) mass is 322 g/mol. The number of carbonyl (C=O) groups is 1. The molecule has 2 aromatic heterocycles. The number of H-pyrrole nitrogens is 1. The van der Waals surface area contributed by atoms with E-state index in [4.69, 9.17) is 4.42 Å². The lowest BCUT2D eigenvalue weighted by Gasteiger charge is -2.17. The predicted octanol–water partition coefficient (Wildman–Crippen LogP) is 1.80. The Morgan fingerprint density at radius 3 is 3.05 bits per heavy atom. The number of nitrogens with one attached hydrogen (secondary N) is 2. The molecular formula is C13H18N6O2S. The van der Waals surface area contributed by atoms with E-state index in [1.54, 1.807) is 23.3 Å². The van der Waals surface area contributed by atoms with Crippen LogP contribution in [-0.4, -0.2) is 51.0 Å². The van der Waals surface area contributed by atoms with Crippen molar-refractivity contribution in [3.05, 3.63) is 24.2 Å². The van der Waals surface area contributed by atoms with Crippen molar-refractivity contribution in [1.29, 1.82) is 0 Å². The van der Waals surface area contributed by atoms with E-state index < -0.39 is 0 Å². The van der Waals surface area contributed by atoms with Crippen LogP contribution in [0.3, 0.4) is 0 Å². The Kier molecular flexibility index (Phi) is 6.01. The van der Waals surface area contributed by atoms with E-state index in [1.807, 2.05) is 13.8 Å². The molecule has 0 radical (unpaired) electrons. The van der Waals surface area contributed by atoms with Crippen molar-refractivity contribution >= 4 is 29.8 Å². The van der Waals surface area contributed by atoms with Gasteiger partial charge in [-0.25, -0.2) is 10.5 Å². The highest BCUT2D eigenvalue weighted by molar-refractivity contribution is 7.99. The fourth-order valence-electron chi connectivity index (χ4n) is 1.68. The highest BCUT2D eigenvalue weighted by Crippen LogP contribution is 2.14. The zero-order chi connectivity index (χ0) is 15.8. The molecule has 0 aliphatic rings. The van der Waals surface area contributed by atoms with Crippen LogP contribution in [0.25, 0.3) is 0 Å². The molecular weight excluding hydrogens is 304 g/mol. The Morgan fingerprint density at radius 2 is 2.36 bits per heavy atom. The Morgan fingerprint density at radius 1 is 1.55 bits per heavy atom. The van der Waals surface area contributed by atoms with Crippen molar-refractivity contribution < 1.29 is 9.21 Å². The molecule has 2 N–H and O–H groups in total. The molecule has 0 aliphatic heterocycles. The summed E-state index contributed by atoms with van der Waals surface area (Å²) in [5.41, 5.74) is 2.71. The third kappa shape index (κ3) is 4.62. The number of aromatic nitrogens is 3. The molecule has 2 heterocycles. The summed E-state index contributed by atoms with van der Waals surface area (Å²) in [6.07, 6.45) is 3.09. The standard InChI is InChI=1S/C13H18N6O2S/c1-3-19(4-2)11(20)9-22-13-15-12(17-18-13)16-14-8-10-6-5-7-21-10/h5-8H,3-4,9H2,1-2H3,(H2,15,16,17,18)/b14-8+. The normalized spacial score (nSPS) is 11.0. The van der Waals surface area contributed by atoms with Crippen molar-refractivity contribution in [1.82, 2.24) is 20.1 Å². The number of furan rings is 1. The third-order valence-corrected chi connectivity index (χ3v) is 3.64. The van der Waals surface area contributed by atoms with Gasteiger partial charge in [0.15, 0.2) is 0 Å². The van der Waals surface area contributed by atoms with Crippen LogP contribution in [0.2, 0.25) is 0 Å². The highest BCUT2D eigenvalue weighted by Gasteiger charge is 2.11. The average molecular weight is 322 g/mol. The molecule has 0 fully saturated rings. The number of hydrogen-bond acceptors (Lipinski definition) is 7. The number of carbonyl (C=O) groups excluding carboxylic acids is 1. The molecule has 0 bridgehead atoms. The molecule has 1 amide bonds. The van der Waals surface area contributed by atoms with Gasteiger partial charge < -0.3 is 9.32 Å². The van der Waals surface area contributed by atoms with E-state index in [0.717, 1.165) is 0 Å². The van der Waals surface area contributed by atoms with Gasteiger partial charge in [-0.2, -0.15) is 10.1 Å². The molecule has 8 nitrogen and oxygen atoms in total. The summed E-state index contributed by atoms with van der Waals surface area (Å²) in [5, 5.41) is 11.2. The number of rotatable bonds is 8. The Labute approximate surface area is 132 Å². The van der Waals surface area contributed by atoms with Crippen molar-refractivity contribution in [3.8, 4) is 0 Å². The molecule has 0 aromatic carbocycles. The minimum Gasteiger partial charge on any atom is -0.463 e. The second-order valence-corrected chi connectivity index (χ2v) is 5.15. The molecule has 0 spiro atoms. The van der Waals surface area contributed by atoms with Crippen molar-refractivity contribution in [3.63, 3.8) is 0 Å². The Balaban J connectivity index is 1.80. The van der Waals surface area contributed by atoms with Gasteiger partial charge in [0.1, 0.15) is 5.76 Å². The largest absolute Gasteiger partial charge is 0.463 e. The SMILES string of the molecule is CCN(CC)C(=O)CSc1n[nH]c(N/N=C/c2ccco2)n1. The van der Waals surface area contributed by atoms with E-state index in [0.29, 0.717) is 35.7 Å². The summed E-state index contributed by atoms with van der Waals surface area (Å²) in [4.78, 5) is 17.8. The van der Waals surface area contributed by atoms with Crippen LogP contribution in [0.5, 0.6) is 0 Å². The average Bonchev–Trinajstić information content (AvgIpc) is 3.18. The maximum absolute atomic E-state index is 11.9. The van der Waals surface area contributed by atoms with Crippen molar-refractivity contribution in [2.45, 2.75) is 19.0 Å². The Hall–Kier alpha value is -2.29. The fourth-order valence-corrected chi connectivity index (χ4v) is 2.38. The topological polar surface area (TPSA) is 99.4 Å². The first-order valence-electron chi connectivity index (χ1n) is 6.88. The van der Waals surface area contributed by atoms with Crippen LogP contribution in [0.1, 0.15) is 19.6 Å². The minimum atomic E-state index is 0.0742. The third-order valence-electron chi connectivity index (χ3n) is 2.81. The lowest BCUT2D eigenvalue weighted by molar-refractivity contribution is -0.127. The lowest BCUT2D eigenvalue weighted by atomic mass is 10.5. The van der Waals surface area contributed by atoms with Gasteiger partial charge in [0.25, 0.3) is 0 Å². The van der Waals surface area contributed by atoms with Crippen LogP contribution in [0.15, 0.2) is 33.1 Å². The zero-order valence-corrected chi connectivity index (χ0v) is 13.3. The van der Waals surface area contributed by atoms with Crippen LogP contribution in [0.4, 0.5) is 5.95 Å². The van der Waals surface area contributed by atoms with Gasteiger partial charge in [-0.1, -0.05) is 11.8 Å². The van der Waals surface area contributed by atoms with Gasteiger partial charge in [0, 0.05) is 13.1 Å². The minimum absolute atomic E-state index is 0.0742. The smallest absolute Gasteiger partial charge is 0.240 e. The first-order chi connectivity index (χ1) is 10.7. The molecule has 0 saturated carbocycles. The molecule has 9 heteroatoms. The molecule has 22 heavy (non-hydrogen) atoms. The van der Waals surface area contributed by atoms with Crippen LogP contribution < -0.4 is 5.43 Å². The quantitative estimate of drug-likeness (QED) is 0.437. The first-order valence-corrected chi connectivity index (χ1v) is 7.87. The summed E-state index contributed by atoms with van der Waals surface area (Å²) < 4.78 is 5.10. The number of thioether (sulfide) groups is 1. The number of amides is 1. The highest BCUT2D eigenvalue weighted by atomic mass is 32.2. The lowest BCUT2D eigenvalue weighted by Crippen LogP contribution is -2.31. The van der Waals surface area contributed by atoms with Crippen LogP contribution in [0, 0.1) is 0 Å². The van der Waals surface area contributed by atoms with E-state index in [1.165, 1.54) is 18.0 Å². The summed E-state index contributed by atoms with van der Waals surface area (Å²) in [5.74, 6) is 1.42. The predicted molar refractivity (Wildman–Crippen MR) is 85.0 cm³/mol. The number of hydrazone groups is 1. The molecule has 0 aliphatic carbocycles. The van der Waals surface area contributed by atoms with Gasteiger partial charge in [0.05, 0.1) is 18.2 Å². The second-order valence-electron chi connectivity index (χ2n) is 4.21. The number of nitrogens with zero attached hydrogens (tertiary/aromatic N) is 4. The summed E-state index contributed by atoms with van der Waals surface area (Å²) in [6, 6.07) is 3.56. The van der Waals surface area contributed by atoms with Crippen molar-refractivity contribution in [2.75, 3.05) is 24.3 Å². The molecule has 2 aromatic rings. The van der Waals surface area contributed by atoms with E-state index >= 15 is 0 Å². The van der Waals surface area contributed by atoms with Crippen LogP contribution >= 0.6 is 11.8 Å². The van der Waals surface area contributed by atoms with Gasteiger partial charge in [-0.3, -0.25) is 4.79 Å². The molecule has 0 saturated heterocycles. The van der Waals surface area contributed by atoms with E-state index in [9.17, 15) is 4.79 Å². The maximum atomic E-state index is 11.9. The van der Waals surface area contributed by atoms with Gasteiger partial charge in [0.2, 0.25) is 17.0 Å². The number of aromatic amines is 1. The van der Waals surface area contributed by atoms with Gasteiger partial charge in [-0.05, 0) is 26.0 Å². The van der Waals surface area contributed by atoms with E-state index in [2.05, 4.69) is 25.7 Å². The maximum Gasteiger partial charge on any atom is 0.240 e. The second kappa shape index (κ2) is 8.23. The fraction of sp³-hybridized carbons (Fsp3) is 0.385. The molecule has 0 atom stereocenters.